The lowest BCUT2D eigenvalue weighted by Gasteiger charge is -2.15. The van der Waals surface area contributed by atoms with Gasteiger partial charge in [-0.15, -0.1) is 0 Å². The highest BCUT2D eigenvalue weighted by atomic mass is 19.1. The molecule has 0 aliphatic carbocycles. The molecule has 1 aromatic carbocycles. The highest BCUT2D eigenvalue weighted by Gasteiger charge is 2.22. The van der Waals surface area contributed by atoms with Crippen LogP contribution in [0.4, 0.5) is 4.39 Å². The number of halogens is 1. The summed E-state index contributed by atoms with van der Waals surface area (Å²) in [6, 6.07) is 5.23. The summed E-state index contributed by atoms with van der Waals surface area (Å²) in [6.07, 6.45) is 2.41. The van der Waals surface area contributed by atoms with E-state index in [4.69, 9.17) is 9.47 Å². The number of ether oxygens (including phenoxy) is 2. The fraction of sp³-hybridized carbons (Fsp3) is 0.600. The van der Waals surface area contributed by atoms with Gasteiger partial charge in [0.05, 0.1) is 12.2 Å². The van der Waals surface area contributed by atoms with Crippen molar-refractivity contribution in [1.29, 1.82) is 0 Å². The van der Waals surface area contributed by atoms with Gasteiger partial charge in [-0.1, -0.05) is 6.07 Å². The summed E-state index contributed by atoms with van der Waals surface area (Å²) in [6.45, 7) is 4.46. The Hall–Kier alpha value is -1.13. The lowest BCUT2D eigenvalue weighted by molar-refractivity contribution is 0.0256. The monoisotopic (exact) mass is 267 g/mol. The Bertz CT molecular complexity index is 425. The Labute approximate surface area is 114 Å². The minimum absolute atomic E-state index is 0.0882. The van der Waals surface area contributed by atoms with Crippen LogP contribution in [-0.4, -0.2) is 25.9 Å². The average molecular weight is 267 g/mol. The van der Waals surface area contributed by atoms with Crippen LogP contribution in [0.1, 0.15) is 38.3 Å². The minimum Gasteiger partial charge on any atom is -0.488 e. The number of hydrogen-bond acceptors (Lipinski definition) is 3. The SMILES string of the molecule is CNC(C)c1ccc(OCC2CCC(C)O2)c(F)c1. The summed E-state index contributed by atoms with van der Waals surface area (Å²) in [5.41, 5.74) is 0.915. The van der Waals surface area contributed by atoms with Crippen molar-refractivity contribution in [1.82, 2.24) is 5.32 Å². The Morgan fingerprint density at radius 1 is 1.47 bits per heavy atom. The van der Waals surface area contributed by atoms with E-state index in [9.17, 15) is 4.39 Å². The van der Waals surface area contributed by atoms with Crippen molar-refractivity contribution >= 4 is 0 Å². The molecule has 19 heavy (non-hydrogen) atoms. The van der Waals surface area contributed by atoms with Crippen molar-refractivity contribution in [2.45, 2.75) is 44.9 Å². The van der Waals surface area contributed by atoms with Gasteiger partial charge in [-0.05, 0) is 51.4 Å². The predicted molar refractivity (Wildman–Crippen MR) is 72.9 cm³/mol. The lowest BCUT2D eigenvalue weighted by atomic mass is 10.1. The summed E-state index contributed by atoms with van der Waals surface area (Å²) >= 11 is 0. The molecule has 0 saturated carbocycles. The molecule has 2 rings (SSSR count). The van der Waals surface area contributed by atoms with Gasteiger partial charge in [-0.3, -0.25) is 0 Å². The van der Waals surface area contributed by atoms with Gasteiger partial charge in [0.15, 0.2) is 11.6 Å². The molecule has 1 N–H and O–H groups in total. The number of rotatable bonds is 5. The van der Waals surface area contributed by atoms with Crippen LogP contribution in [0.3, 0.4) is 0 Å². The van der Waals surface area contributed by atoms with Crippen molar-refractivity contribution in [3.63, 3.8) is 0 Å². The molecule has 3 nitrogen and oxygen atoms in total. The van der Waals surface area contributed by atoms with Crippen LogP contribution in [0.25, 0.3) is 0 Å². The lowest BCUT2D eigenvalue weighted by Crippen LogP contribution is -2.18. The fourth-order valence-corrected chi connectivity index (χ4v) is 2.26. The van der Waals surface area contributed by atoms with Crippen LogP contribution in [0, 0.1) is 5.82 Å². The third kappa shape index (κ3) is 3.67. The first-order valence-corrected chi connectivity index (χ1v) is 6.85. The van der Waals surface area contributed by atoms with Gasteiger partial charge in [0.2, 0.25) is 0 Å². The van der Waals surface area contributed by atoms with E-state index in [-0.39, 0.29) is 24.1 Å². The Balaban J connectivity index is 1.93. The van der Waals surface area contributed by atoms with Gasteiger partial charge < -0.3 is 14.8 Å². The number of hydrogen-bond donors (Lipinski definition) is 1. The second-order valence-corrected chi connectivity index (χ2v) is 5.16. The van der Waals surface area contributed by atoms with E-state index in [1.165, 1.54) is 6.07 Å². The average Bonchev–Trinajstić information content (AvgIpc) is 2.82. The van der Waals surface area contributed by atoms with Crippen LogP contribution in [0.5, 0.6) is 5.75 Å². The summed E-state index contributed by atoms with van der Waals surface area (Å²) in [5.74, 6) is -0.0131. The second-order valence-electron chi connectivity index (χ2n) is 5.16. The first kappa shape index (κ1) is 14.3. The van der Waals surface area contributed by atoms with E-state index in [0.29, 0.717) is 12.4 Å². The van der Waals surface area contributed by atoms with E-state index in [2.05, 4.69) is 12.2 Å². The van der Waals surface area contributed by atoms with Crippen LogP contribution >= 0.6 is 0 Å². The zero-order valence-electron chi connectivity index (χ0n) is 11.8. The molecule has 1 fully saturated rings. The molecular weight excluding hydrogens is 245 g/mol. The van der Waals surface area contributed by atoms with Gasteiger partial charge >= 0.3 is 0 Å². The van der Waals surface area contributed by atoms with Crippen molar-refractivity contribution < 1.29 is 13.9 Å². The largest absolute Gasteiger partial charge is 0.488 e. The molecule has 3 unspecified atom stereocenters. The predicted octanol–water partition coefficient (Wildman–Crippen LogP) is 3.05. The second kappa shape index (κ2) is 6.35. The van der Waals surface area contributed by atoms with Crippen LogP contribution in [0.2, 0.25) is 0 Å². The van der Waals surface area contributed by atoms with Crippen LogP contribution < -0.4 is 10.1 Å². The van der Waals surface area contributed by atoms with Crippen molar-refractivity contribution in [2.75, 3.05) is 13.7 Å². The van der Waals surface area contributed by atoms with E-state index in [1.54, 1.807) is 6.07 Å². The molecule has 0 amide bonds. The van der Waals surface area contributed by atoms with Crippen molar-refractivity contribution in [3.8, 4) is 5.75 Å². The first-order valence-electron chi connectivity index (χ1n) is 6.85. The molecule has 0 aromatic heterocycles. The van der Waals surface area contributed by atoms with E-state index >= 15 is 0 Å². The molecule has 1 saturated heterocycles. The van der Waals surface area contributed by atoms with Crippen molar-refractivity contribution in [2.24, 2.45) is 0 Å². The first-order chi connectivity index (χ1) is 9.10. The highest BCUT2D eigenvalue weighted by molar-refractivity contribution is 5.30. The maximum Gasteiger partial charge on any atom is 0.165 e. The molecular formula is C15H22FNO2. The molecule has 0 bridgehead atoms. The number of benzene rings is 1. The third-order valence-corrected chi connectivity index (χ3v) is 3.63. The van der Waals surface area contributed by atoms with Crippen LogP contribution in [-0.2, 0) is 4.74 Å². The fourth-order valence-electron chi connectivity index (χ4n) is 2.26. The third-order valence-electron chi connectivity index (χ3n) is 3.63. The summed E-state index contributed by atoms with van der Waals surface area (Å²) < 4.78 is 25.1. The Morgan fingerprint density at radius 3 is 2.84 bits per heavy atom. The zero-order valence-corrected chi connectivity index (χ0v) is 11.8. The number of nitrogens with one attached hydrogen (secondary N) is 1. The smallest absolute Gasteiger partial charge is 0.165 e. The van der Waals surface area contributed by atoms with E-state index < -0.39 is 0 Å². The quantitative estimate of drug-likeness (QED) is 0.889. The van der Waals surface area contributed by atoms with Crippen molar-refractivity contribution in [3.05, 3.63) is 29.6 Å². The molecule has 3 atom stereocenters. The topological polar surface area (TPSA) is 30.5 Å². The minimum atomic E-state index is -0.314. The maximum absolute atomic E-state index is 13.9. The molecule has 0 radical (unpaired) electrons. The normalized spacial score (nSPS) is 24.4. The highest BCUT2D eigenvalue weighted by Crippen LogP contribution is 2.24. The van der Waals surface area contributed by atoms with E-state index in [1.807, 2.05) is 20.0 Å². The molecule has 0 spiro atoms. The summed E-state index contributed by atoms with van der Waals surface area (Å²) in [5, 5.41) is 3.08. The molecule has 1 aliphatic heterocycles. The van der Waals surface area contributed by atoms with Gasteiger partial charge in [0.1, 0.15) is 6.61 Å². The summed E-state index contributed by atoms with van der Waals surface area (Å²) in [7, 11) is 1.85. The zero-order chi connectivity index (χ0) is 13.8. The molecule has 4 heteroatoms. The van der Waals surface area contributed by atoms with Gasteiger partial charge in [-0.2, -0.15) is 0 Å². The Morgan fingerprint density at radius 2 is 2.26 bits per heavy atom. The van der Waals surface area contributed by atoms with Gasteiger partial charge in [-0.25, -0.2) is 4.39 Å². The summed E-state index contributed by atoms with van der Waals surface area (Å²) in [4.78, 5) is 0. The molecule has 106 valence electrons. The molecule has 1 heterocycles. The maximum atomic E-state index is 13.9. The van der Waals surface area contributed by atoms with Crippen LogP contribution in [0.15, 0.2) is 18.2 Å². The Kier molecular flexibility index (Phi) is 4.77. The standard InChI is InChI=1S/C15H22FNO2/c1-10-4-6-13(19-10)9-18-15-7-5-12(8-14(15)16)11(2)17-3/h5,7-8,10-11,13,17H,4,6,9H2,1-3H3. The van der Waals surface area contributed by atoms with Gasteiger partial charge in [0, 0.05) is 6.04 Å². The van der Waals surface area contributed by atoms with E-state index in [0.717, 1.165) is 18.4 Å². The molecule has 1 aromatic rings. The molecule has 1 aliphatic rings. The van der Waals surface area contributed by atoms with Gasteiger partial charge in [0.25, 0.3) is 0 Å².